The maximum Gasteiger partial charge on any atom is 0.322 e. The molecule has 2 aromatic carbocycles. The van der Waals surface area contributed by atoms with E-state index in [9.17, 15) is 4.79 Å². The summed E-state index contributed by atoms with van der Waals surface area (Å²) in [5.41, 5.74) is 2.73. The molecule has 1 unspecified atom stereocenters. The zero-order chi connectivity index (χ0) is 21.8. The molecule has 1 aromatic heterocycles. The summed E-state index contributed by atoms with van der Waals surface area (Å²) in [6, 6.07) is 16.9. The molecule has 0 saturated heterocycles. The van der Waals surface area contributed by atoms with Gasteiger partial charge in [-0.1, -0.05) is 12.1 Å². The van der Waals surface area contributed by atoms with Gasteiger partial charge in [-0.2, -0.15) is 0 Å². The van der Waals surface area contributed by atoms with Crippen molar-refractivity contribution in [3.05, 3.63) is 72.1 Å². The molecule has 31 heavy (non-hydrogen) atoms. The largest absolute Gasteiger partial charge is 0.497 e. The average Bonchev–Trinajstić information content (AvgIpc) is 3.18. The van der Waals surface area contributed by atoms with Crippen LogP contribution in [0.2, 0.25) is 0 Å². The molecule has 0 bridgehead atoms. The standard InChI is InChI=1S/C24H27N3O4/c1-29-19-9-7-17(8-10-19)23-22-6-4-11-26(22)12-5-13-27(23)24(28)25-18-14-20(30-2)16-21(15-18)31-3/h4,6-11,14-16,23H,5,12-13H2,1-3H3,(H,25,28). The third-order valence-corrected chi connectivity index (χ3v) is 5.55. The van der Waals surface area contributed by atoms with Crippen molar-refractivity contribution >= 4 is 11.7 Å². The molecule has 1 aliphatic rings. The molecule has 3 aromatic rings. The van der Waals surface area contributed by atoms with E-state index in [0.29, 0.717) is 23.7 Å². The van der Waals surface area contributed by atoms with Crippen molar-refractivity contribution in [3.63, 3.8) is 0 Å². The van der Waals surface area contributed by atoms with Crippen molar-refractivity contribution in [1.82, 2.24) is 9.47 Å². The molecule has 1 N–H and O–H groups in total. The summed E-state index contributed by atoms with van der Waals surface area (Å²) in [5.74, 6) is 2.02. The Labute approximate surface area is 182 Å². The van der Waals surface area contributed by atoms with Gasteiger partial charge in [0.15, 0.2) is 0 Å². The first-order valence-electron chi connectivity index (χ1n) is 10.2. The molecule has 0 aliphatic carbocycles. The summed E-state index contributed by atoms with van der Waals surface area (Å²) >= 11 is 0. The van der Waals surface area contributed by atoms with Crippen LogP contribution in [0, 0.1) is 0 Å². The van der Waals surface area contributed by atoms with Gasteiger partial charge < -0.3 is 29.0 Å². The second-order valence-corrected chi connectivity index (χ2v) is 7.38. The number of fused-ring (bicyclic) bond motifs is 1. The number of carbonyl (C=O) groups excluding carboxylic acids is 1. The molecule has 7 heteroatoms. The molecule has 7 nitrogen and oxygen atoms in total. The molecule has 0 spiro atoms. The molecule has 162 valence electrons. The molecule has 0 saturated carbocycles. The van der Waals surface area contributed by atoms with Crippen LogP contribution in [0.15, 0.2) is 60.8 Å². The van der Waals surface area contributed by atoms with Gasteiger partial charge >= 0.3 is 6.03 Å². The van der Waals surface area contributed by atoms with Crippen LogP contribution >= 0.6 is 0 Å². The lowest BCUT2D eigenvalue weighted by Crippen LogP contribution is -2.38. The number of urea groups is 1. The maximum absolute atomic E-state index is 13.5. The molecule has 0 fully saturated rings. The lowest BCUT2D eigenvalue weighted by molar-refractivity contribution is 0.199. The van der Waals surface area contributed by atoms with Gasteiger partial charge in [0.2, 0.25) is 0 Å². The normalized spacial score (nSPS) is 15.6. The van der Waals surface area contributed by atoms with E-state index in [2.05, 4.69) is 22.1 Å². The highest BCUT2D eigenvalue weighted by molar-refractivity contribution is 5.90. The van der Waals surface area contributed by atoms with Crippen LogP contribution in [0.4, 0.5) is 10.5 Å². The van der Waals surface area contributed by atoms with Crippen molar-refractivity contribution in [2.24, 2.45) is 0 Å². The van der Waals surface area contributed by atoms with Crippen molar-refractivity contribution in [2.45, 2.75) is 19.0 Å². The number of nitrogens with zero attached hydrogens (tertiary/aromatic N) is 2. The highest BCUT2D eigenvalue weighted by Gasteiger charge is 2.31. The smallest absolute Gasteiger partial charge is 0.322 e. The van der Waals surface area contributed by atoms with Gasteiger partial charge in [0.1, 0.15) is 17.2 Å². The Bertz CT molecular complexity index is 1020. The predicted octanol–water partition coefficient (Wildman–Crippen LogP) is 4.54. The van der Waals surface area contributed by atoms with Crippen LogP contribution in [0.1, 0.15) is 23.7 Å². The van der Waals surface area contributed by atoms with E-state index in [1.54, 1.807) is 39.5 Å². The van der Waals surface area contributed by atoms with Crippen LogP contribution in [0.3, 0.4) is 0 Å². The fourth-order valence-electron chi connectivity index (χ4n) is 4.01. The van der Waals surface area contributed by atoms with Crippen LogP contribution in [-0.2, 0) is 6.54 Å². The van der Waals surface area contributed by atoms with Crippen molar-refractivity contribution in [2.75, 3.05) is 33.2 Å². The number of aromatic nitrogens is 1. The fraction of sp³-hybridized carbons (Fsp3) is 0.292. The first kappa shape index (κ1) is 20.7. The number of ether oxygens (including phenoxy) is 3. The summed E-state index contributed by atoms with van der Waals surface area (Å²) < 4.78 is 18.2. The Morgan fingerprint density at radius 1 is 0.903 bits per heavy atom. The Kier molecular flexibility index (Phi) is 6.02. The minimum atomic E-state index is -0.212. The monoisotopic (exact) mass is 421 g/mol. The van der Waals surface area contributed by atoms with Crippen molar-refractivity contribution in [1.29, 1.82) is 0 Å². The second-order valence-electron chi connectivity index (χ2n) is 7.38. The van der Waals surface area contributed by atoms with Gasteiger partial charge in [0.25, 0.3) is 0 Å². The van der Waals surface area contributed by atoms with Crippen LogP contribution < -0.4 is 19.5 Å². The fourth-order valence-corrected chi connectivity index (χ4v) is 4.01. The summed E-state index contributed by atoms with van der Waals surface area (Å²) in [6.45, 7) is 1.50. The van der Waals surface area contributed by atoms with Gasteiger partial charge in [-0.15, -0.1) is 0 Å². The van der Waals surface area contributed by atoms with Gasteiger partial charge in [-0.05, 0) is 36.2 Å². The molecule has 1 aliphatic heterocycles. The SMILES string of the molecule is COc1ccc(C2c3cccn3CCCN2C(=O)Nc2cc(OC)cc(OC)c2)cc1. The molecular weight excluding hydrogens is 394 g/mol. The predicted molar refractivity (Wildman–Crippen MR) is 119 cm³/mol. The molecule has 2 amide bonds. The number of aryl methyl sites for hydroxylation is 1. The molecular formula is C24H27N3O4. The van der Waals surface area contributed by atoms with E-state index in [1.165, 1.54) is 0 Å². The number of anilines is 1. The Morgan fingerprint density at radius 2 is 1.58 bits per heavy atom. The van der Waals surface area contributed by atoms with Gasteiger partial charge in [-0.3, -0.25) is 0 Å². The highest BCUT2D eigenvalue weighted by atomic mass is 16.5. The first-order valence-corrected chi connectivity index (χ1v) is 10.2. The number of amides is 2. The average molecular weight is 421 g/mol. The Balaban J connectivity index is 1.68. The van der Waals surface area contributed by atoms with Crippen LogP contribution in [0.25, 0.3) is 0 Å². The lowest BCUT2D eigenvalue weighted by Gasteiger charge is -2.31. The number of rotatable bonds is 5. The minimum absolute atomic E-state index is 0.175. The van der Waals surface area contributed by atoms with Crippen LogP contribution in [-0.4, -0.2) is 43.4 Å². The van der Waals surface area contributed by atoms with E-state index in [4.69, 9.17) is 14.2 Å². The third-order valence-electron chi connectivity index (χ3n) is 5.55. The minimum Gasteiger partial charge on any atom is -0.497 e. The van der Waals surface area contributed by atoms with E-state index in [-0.39, 0.29) is 12.1 Å². The summed E-state index contributed by atoms with van der Waals surface area (Å²) in [7, 11) is 4.82. The maximum atomic E-state index is 13.5. The number of methoxy groups -OCH3 is 3. The molecule has 4 rings (SSSR count). The summed E-state index contributed by atoms with van der Waals surface area (Å²) in [5, 5.41) is 3.03. The zero-order valence-electron chi connectivity index (χ0n) is 18.0. The summed E-state index contributed by atoms with van der Waals surface area (Å²) in [6.07, 6.45) is 2.93. The van der Waals surface area contributed by atoms with Crippen molar-refractivity contribution in [3.8, 4) is 17.2 Å². The number of nitrogens with one attached hydrogen (secondary N) is 1. The number of benzene rings is 2. The lowest BCUT2D eigenvalue weighted by atomic mass is 10.0. The summed E-state index contributed by atoms with van der Waals surface area (Å²) in [4.78, 5) is 15.3. The number of hydrogen-bond donors (Lipinski definition) is 1. The van der Waals surface area contributed by atoms with Gasteiger partial charge in [0.05, 0.1) is 27.4 Å². The highest BCUT2D eigenvalue weighted by Crippen LogP contribution is 2.34. The van der Waals surface area contributed by atoms with Gasteiger partial charge in [0, 0.05) is 48.9 Å². The van der Waals surface area contributed by atoms with E-state index in [1.807, 2.05) is 35.2 Å². The molecule has 1 atom stereocenters. The number of carbonyl (C=O) groups is 1. The van der Waals surface area contributed by atoms with Gasteiger partial charge in [-0.25, -0.2) is 4.79 Å². The Morgan fingerprint density at radius 3 is 2.23 bits per heavy atom. The van der Waals surface area contributed by atoms with E-state index in [0.717, 1.165) is 30.0 Å². The zero-order valence-corrected chi connectivity index (χ0v) is 18.0. The quantitative estimate of drug-likeness (QED) is 0.657. The number of hydrogen-bond acceptors (Lipinski definition) is 4. The van der Waals surface area contributed by atoms with Crippen LogP contribution in [0.5, 0.6) is 17.2 Å². The molecule has 0 radical (unpaired) electrons. The van der Waals surface area contributed by atoms with Crippen molar-refractivity contribution < 1.29 is 19.0 Å². The topological polar surface area (TPSA) is 65.0 Å². The molecule has 2 heterocycles. The Hall–Kier alpha value is -3.61. The second kappa shape index (κ2) is 9.04. The third kappa shape index (κ3) is 4.30. The van der Waals surface area contributed by atoms with E-state index >= 15 is 0 Å². The first-order chi connectivity index (χ1) is 15.1. The van der Waals surface area contributed by atoms with E-state index < -0.39 is 0 Å².